The molecule has 0 aliphatic rings. The lowest BCUT2D eigenvalue weighted by Crippen LogP contribution is -2.29. The van der Waals surface area contributed by atoms with Gasteiger partial charge in [-0.3, -0.25) is 9.69 Å². The molecule has 0 spiro atoms. The molecule has 0 radical (unpaired) electrons. The zero-order valence-corrected chi connectivity index (χ0v) is 15.9. The fourth-order valence-corrected chi connectivity index (χ4v) is 2.84. The van der Waals surface area contributed by atoms with Crippen molar-refractivity contribution in [1.82, 2.24) is 4.90 Å². The molecule has 0 aliphatic carbocycles. The normalized spacial score (nSPS) is 10.6. The van der Waals surface area contributed by atoms with Gasteiger partial charge in [0.1, 0.15) is 11.5 Å². The average molecular weight is 360 g/mol. The summed E-state index contributed by atoms with van der Waals surface area (Å²) in [5.41, 5.74) is 1.81. The van der Waals surface area contributed by atoms with Gasteiger partial charge in [0.2, 0.25) is 5.91 Å². The number of anilines is 1. The predicted molar refractivity (Wildman–Crippen MR) is 103 cm³/mol. The highest BCUT2D eigenvalue weighted by molar-refractivity contribution is 7.98. The molecule has 1 N–H and O–H groups in total. The summed E-state index contributed by atoms with van der Waals surface area (Å²) in [6, 6.07) is 13.7. The van der Waals surface area contributed by atoms with E-state index >= 15 is 0 Å². The summed E-state index contributed by atoms with van der Waals surface area (Å²) < 4.78 is 10.5. The van der Waals surface area contributed by atoms with Crippen LogP contribution in [0.3, 0.4) is 0 Å². The van der Waals surface area contributed by atoms with Crippen molar-refractivity contribution in [1.29, 1.82) is 0 Å². The number of hydrogen-bond donors (Lipinski definition) is 1. The molecule has 25 heavy (non-hydrogen) atoms. The van der Waals surface area contributed by atoms with Gasteiger partial charge in [-0.05, 0) is 43.1 Å². The fourth-order valence-electron chi connectivity index (χ4n) is 2.44. The fraction of sp³-hybridized carbons (Fsp3) is 0.316. The van der Waals surface area contributed by atoms with Crippen LogP contribution in [0, 0.1) is 0 Å². The largest absolute Gasteiger partial charge is 0.497 e. The number of hydrogen-bond acceptors (Lipinski definition) is 5. The Balaban J connectivity index is 1.92. The van der Waals surface area contributed by atoms with E-state index in [4.69, 9.17) is 9.47 Å². The van der Waals surface area contributed by atoms with Crippen LogP contribution in [0.2, 0.25) is 0 Å². The van der Waals surface area contributed by atoms with Gasteiger partial charge < -0.3 is 14.8 Å². The molecule has 0 atom stereocenters. The van der Waals surface area contributed by atoms with Gasteiger partial charge in [-0.2, -0.15) is 0 Å². The molecule has 2 aromatic rings. The minimum absolute atomic E-state index is 0.0910. The van der Waals surface area contributed by atoms with Crippen LogP contribution >= 0.6 is 11.8 Å². The van der Waals surface area contributed by atoms with Gasteiger partial charge in [-0.25, -0.2) is 0 Å². The van der Waals surface area contributed by atoms with Crippen LogP contribution in [0.15, 0.2) is 47.4 Å². The standard InChI is InChI=1S/C19H24N2O3S/c1-21(12-14-5-8-16(25-4)9-6-14)13-19(22)20-17-10-7-15(23-2)11-18(17)24-3/h5-11H,12-13H2,1-4H3,(H,20,22). The first-order valence-electron chi connectivity index (χ1n) is 7.89. The number of carbonyl (C=O) groups is 1. The molecule has 1 amide bonds. The topological polar surface area (TPSA) is 50.8 Å². The number of thioether (sulfide) groups is 1. The quantitative estimate of drug-likeness (QED) is 0.730. The molecule has 0 aromatic heterocycles. The van der Waals surface area contributed by atoms with Crippen LogP contribution in [0.4, 0.5) is 5.69 Å². The monoisotopic (exact) mass is 360 g/mol. The first-order chi connectivity index (χ1) is 12.0. The van der Waals surface area contributed by atoms with Crippen molar-refractivity contribution in [2.75, 3.05) is 39.4 Å². The molecule has 0 bridgehead atoms. The minimum atomic E-state index is -0.0910. The Labute approximate surface area is 153 Å². The molecule has 2 rings (SSSR count). The van der Waals surface area contributed by atoms with Crippen LogP contribution in [0.5, 0.6) is 11.5 Å². The number of nitrogens with one attached hydrogen (secondary N) is 1. The van der Waals surface area contributed by atoms with E-state index in [1.54, 1.807) is 44.2 Å². The zero-order valence-electron chi connectivity index (χ0n) is 15.0. The van der Waals surface area contributed by atoms with Gasteiger partial charge >= 0.3 is 0 Å². The van der Waals surface area contributed by atoms with Gasteiger partial charge in [-0.1, -0.05) is 12.1 Å². The van der Waals surface area contributed by atoms with Crippen LogP contribution in [0.1, 0.15) is 5.56 Å². The van der Waals surface area contributed by atoms with Crippen molar-refractivity contribution < 1.29 is 14.3 Å². The van der Waals surface area contributed by atoms with E-state index in [2.05, 4.69) is 35.8 Å². The van der Waals surface area contributed by atoms with Gasteiger partial charge in [0, 0.05) is 17.5 Å². The Morgan fingerprint density at radius 2 is 1.84 bits per heavy atom. The van der Waals surface area contributed by atoms with E-state index in [0.717, 1.165) is 0 Å². The van der Waals surface area contributed by atoms with Crippen molar-refractivity contribution >= 4 is 23.4 Å². The van der Waals surface area contributed by atoms with Crippen LogP contribution in [-0.2, 0) is 11.3 Å². The summed E-state index contributed by atoms with van der Waals surface area (Å²) in [5.74, 6) is 1.16. The highest BCUT2D eigenvalue weighted by atomic mass is 32.2. The molecule has 2 aromatic carbocycles. The maximum atomic E-state index is 12.3. The lowest BCUT2D eigenvalue weighted by atomic mass is 10.2. The van der Waals surface area contributed by atoms with Gasteiger partial charge in [0.05, 0.1) is 26.5 Å². The Morgan fingerprint density at radius 1 is 1.12 bits per heavy atom. The van der Waals surface area contributed by atoms with Crippen LogP contribution in [-0.4, -0.2) is 44.9 Å². The summed E-state index contributed by atoms with van der Waals surface area (Å²) >= 11 is 1.72. The summed E-state index contributed by atoms with van der Waals surface area (Å²) in [7, 11) is 5.08. The smallest absolute Gasteiger partial charge is 0.238 e. The molecule has 0 aliphatic heterocycles. The van der Waals surface area contributed by atoms with Crippen LogP contribution in [0.25, 0.3) is 0 Å². The lowest BCUT2D eigenvalue weighted by molar-refractivity contribution is -0.117. The molecule has 6 heteroatoms. The number of nitrogens with zero attached hydrogens (tertiary/aromatic N) is 1. The number of rotatable bonds is 8. The second-order valence-electron chi connectivity index (χ2n) is 5.63. The predicted octanol–water partition coefficient (Wildman–Crippen LogP) is 3.50. The molecular weight excluding hydrogens is 336 g/mol. The highest BCUT2D eigenvalue weighted by Crippen LogP contribution is 2.28. The molecule has 5 nitrogen and oxygen atoms in total. The number of methoxy groups -OCH3 is 2. The molecule has 0 heterocycles. The third-order valence-corrected chi connectivity index (χ3v) is 4.45. The first-order valence-corrected chi connectivity index (χ1v) is 9.11. The summed E-state index contributed by atoms with van der Waals surface area (Å²) in [5, 5.41) is 2.88. The van der Waals surface area contributed by atoms with Crippen molar-refractivity contribution in [2.45, 2.75) is 11.4 Å². The number of likely N-dealkylation sites (N-methyl/N-ethyl adjacent to an activating group) is 1. The third-order valence-electron chi connectivity index (χ3n) is 3.71. The third kappa shape index (κ3) is 5.69. The van der Waals surface area contributed by atoms with E-state index in [1.807, 2.05) is 11.9 Å². The summed E-state index contributed by atoms with van der Waals surface area (Å²) in [4.78, 5) is 15.5. The zero-order chi connectivity index (χ0) is 18.2. The Kier molecular flexibility index (Phi) is 7.16. The minimum Gasteiger partial charge on any atom is -0.497 e. The Bertz CT molecular complexity index is 704. The Morgan fingerprint density at radius 3 is 2.44 bits per heavy atom. The van der Waals surface area contributed by atoms with Gasteiger partial charge in [0.25, 0.3) is 0 Å². The van der Waals surface area contributed by atoms with Crippen LogP contribution < -0.4 is 14.8 Å². The molecule has 0 fully saturated rings. The van der Waals surface area contributed by atoms with Gasteiger partial charge in [-0.15, -0.1) is 11.8 Å². The number of carbonyl (C=O) groups excluding carboxylic acids is 1. The molecule has 0 saturated carbocycles. The number of ether oxygens (including phenoxy) is 2. The second kappa shape index (κ2) is 9.34. The van der Waals surface area contributed by atoms with E-state index in [-0.39, 0.29) is 5.91 Å². The summed E-state index contributed by atoms with van der Waals surface area (Å²) in [6.45, 7) is 1.00. The van der Waals surface area contributed by atoms with Crippen molar-refractivity contribution in [3.05, 3.63) is 48.0 Å². The van der Waals surface area contributed by atoms with Crippen molar-refractivity contribution in [3.63, 3.8) is 0 Å². The van der Waals surface area contributed by atoms with E-state index in [9.17, 15) is 4.79 Å². The van der Waals surface area contributed by atoms with E-state index in [1.165, 1.54) is 10.5 Å². The van der Waals surface area contributed by atoms with Gasteiger partial charge in [0.15, 0.2) is 0 Å². The number of benzene rings is 2. The first kappa shape index (κ1) is 19.1. The number of amides is 1. The second-order valence-corrected chi connectivity index (χ2v) is 6.51. The Hall–Kier alpha value is -2.18. The van der Waals surface area contributed by atoms with E-state index < -0.39 is 0 Å². The maximum absolute atomic E-state index is 12.3. The van der Waals surface area contributed by atoms with Crippen molar-refractivity contribution in [2.24, 2.45) is 0 Å². The van der Waals surface area contributed by atoms with E-state index in [0.29, 0.717) is 30.3 Å². The van der Waals surface area contributed by atoms with Crippen molar-refractivity contribution in [3.8, 4) is 11.5 Å². The molecular formula is C19H24N2O3S. The lowest BCUT2D eigenvalue weighted by Gasteiger charge is -2.17. The SMILES string of the molecule is COc1ccc(NC(=O)CN(C)Cc2ccc(SC)cc2)c(OC)c1. The molecule has 0 saturated heterocycles. The highest BCUT2D eigenvalue weighted by Gasteiger charge is 2.11. The average Bonchev–Trinajstić information content (AvgIpc) is 2.62. The maximum Gasteiger partial charge on any atom is 0.238 e. The summed E-state index contributed by atoms with van der Waals surface area (Å²) in [6.07, 6.45) is 2.05. The molecule has 134 valence electrons. The molecule has 0 unspecified atom stereocenters.